The van der Waals surface area contributed by atoms with Crippen LogP contribution < -0.4 is 0 Å². The van der Waals surface area contributed by atoms with Gasteiger partial charge in [0.1, 0.15) is 11.6 Å². The molecule has 2 aromatic carbocycles. The van der Waals surface area contributed by atoms with Gasteiger partial charge in [0, 0.05) is 12.5 Å². The molecule has 3 rings (SSSR count). The molecule has 0 amide bonds. The van der Waals surface area contributed by atoms with Gasteiger partial charge < -0.3 is 4.90 Å². The van der Waals surface area contributed by atoms with Gasteiger partial charge in [0.05, 0.1) is 0 Å². The molecule has 1 heterocycles. The molecule has 3 heteroatoms. The quantitative estimate of drug-likeness (QED) is 0.799. The molecule has 1 aliphatic rings. The molecule has 116 valence electrons. The second kappa shape index (κ2) is 7.01. The third-order valence-electron chi connectivity index (χ3n) is 4.43. The topological polar surface area (TPSA) is 3.24 Å². The molecule has 0 N–H and O–H groups in total. The van der Waals surface area contributed by atoms with Crippen molar-refractivity contribution in [1.29, 1.82) is 0 Å². The minimum absolute atomic E-state index is 0.152. The number of hydrogen-bond acceptors (Lipinski definition) is 1. The van der Waals surface area contributed by atoms with Gasteiger partial charge in [-0.05, 0) is 61.3 Å². The Bertz CT molecular complexity index is 540. The molecule has 1 fully saturated rings. The van der Waals surface area contributed by atoms with Crippen molar-refractivity contribution >= 4 is 0 Å². The fourth-order valence-electron chi connectivity index (χ4n) is 3.19. The number of hydrogen-bond donors (Lipinski definition) is 0. The van der Waals surface area contributed by atoms with E-state index in [0.717, 1.165) is 30.8 Å². The number of halogens is 2. The van der Waals surface area contributed by atoms with E-state index < -0.39 is 0 Å². The molecule has 0 saturated carbocycles. The van der Waals surface area contributed by atoms with Gasteiger partial charge in [-0.3, -0.25) is 0 Å². The van der Waals surface area contributed by atoms with Crippen molar-refractivity contribution in [2.45, 2.75) is 25.2 Å². The zero-order chi connectivity index (χ0) is 15.4. The third kappa shape index (κ3) is 3.72. The van der Waals surface area contributed by atoms with Crippen LogP contribution in [0, 0.1) is 11.6 Å². The van der Waals surface area contributed by atoms with Crippen LogP contribution >= 0.6 is 0 Å². The minimum atomic E-state index is -0.223. The number of benzene rings is 2. The molecule has 0 aromatic heterocycles. The standard InChI is InChI=1S/C19H21F2N/c20-17-8-4-15(5-9-17)19(14-22-12-2-1-3-13-22)16-6-10-18(21)11-7-16/h4-11,19H,1-3,12-14H2. The highest BCUT2D eigenvalue weighted by molar-refractivity contribution is 5.33. The Morgan fingerprint density at radius 3 is 1.64 bits per heavy atom. The van der Waals surface area contributed by atoms with Crippen LogP contribution in [-0.4, -0.2) is 24.5 Å². The van der Waals surface area contributed by atoms with Crippen molar-refractivity contribution < 1.29 is 8.78 Å². The zero-order valence-electron chi connectivity index (χ0n) is 12.6. The molecule has 1 nitrogen and oxygen atoms in total. The van der Waals surface area contributed by atoms with Gasteiger partial charge >= 0.3 is 0 Å². The molecule has 0 spiro atoms. The normalized spacial score (nSPS) is 16.1. The monoisotopic (exact) mass is 301 g/mol. The zero-order valence-corrected chi connectivity index (χ0v) is 12.6. The van der Waals surface area contributed by atoms with Gasteiger partial charge in [0.25, 0.3) is 0 Å². The average molecular weight is 301 g/mol. The molecule has 0 unspecified atom stereocenters. The molecule has 0 radical (unpaired) electrons. The van der Waals surface area contributed by atoms with Crippen molar-refractivity contribution in [1.82, 2.24) is 4.90 Å². The molecule has 22 heavy (non-hydrogen) atoms. The van der Waals surface area contributed by atoms with Crippen molar-refractivity contribution in [3.05, 3.63) is 71.3 Å². The minimum Gasteiger partial charge on any atom is -0.302 e. The van der Waals surface area contributed by atoms with E-state index in [1.165, 1.54) is 43.5 Å². The summed E-state index contributed by atoms with van der Waals surface area (Å²) in [5, 5.41) is 0. The Hall–Kier alpha value is -1.74. The summed E-state index contributed by atoms with van der Waals surface area (Å²) in [4.78, 5) is 2.46. The summed E-state index contributed by atoms with van der Waals surface area (Å²) < 4.78 is 26.4. The van der Waals surface area contributed by atoms with Crippen LogP contribution in [0.5, 0.6) is 0 Å². The summed E-state index contributed by atoms with van der Waals surface area (Å²) in [6.07, 6.45) is 3.77. The fourth-order valence-corrected chi connectivity index (χ4v) is 3.19. The van der Waals surface area contributed by atoms with E-state index in [2.05, 4.69) is 4.90 Å². The van der Waals surface area contributed by atoms with Crippen molar-refractivity contribution in [2.24, 2.45) is 0 Å². The lowest BCUT2D eigenvalue weighted by atomic mass is 9.90. The average Bonchev–Trinajstić information content (AvgIpc) is 2.56. The van der Waals surface area contributed by atoms with Crippen LogP contribution in [0.1, 0.15) is 36.3 Å². The Labute approximate surface area is 130 Å². The Balaban J connectivity index is 1.86. The lowest BCUT2D eigenvalue weighted by Gasteiger charge is -2.31. The van der Waals surface area contributed by atoms with Gasteiger partial charge in [-0.25, -0.2) is 8.78 Å². The molecule has 2 aromatic rings. The predicted molar refractivity (Wildman–Crippen MR) is 84.9 cm³/mol. The molecule has 0 aliphatic carbocycles. The highest BCUT2D eigenvalue weighted by Gasteiger charge is 2.20. The van der Waals surface area contributed by atoms with Gasteiger partial charge in [-0.2, -0.15) is 0 Å². The van der Waals surface area contributed by atoms with E-state index in [-0.39, 0.29) is 17.6 Å². The summed E-state index contributed by atoms with van der Waals surface area (Å²) >= 11 is 0. The van der Waals surface area contributed by atoms with Gasteiger partial charge in [-0.1, -0.05) is 30.7 Å². The molecule has 1 saturated heterocycles. The van der Waals surface area contributed by atoms with E-state index in [4.69, 9.17) is 0 Å². The molecule has 0 atom stereocenters. The number of nitrogens with zero attached hydrogens (tertiary/aromatic N) is 1. The number of likely N-dealkylation sites (tertiary alicyclic amines) is 1. The SMILES string of the molecule is Fc1ccc(C(CN2CCCCC2)c2ccc(F)cc2)cc1. The lowest BCUT2D eigenvalue weighted by molar-refractivity contribution is 0.222. The van der Waals surface area contributed by atoms with Crippen LogP contribution in [0.3, 0.4) is 0 Å². The van der Waals surface area contributed by atoms with Crippen molar-refractivity contribution in [3.8, 4) is 0 Å². The summed E-state index contributed by atoms with van der Waals surface area (Å²) in [6, 6.07) is 13.4. The van der Waals surface area contributed by atoms with E-state index in [1.807, 2.05) is 24.3 Å². The Morgan fingerprint density at radius 2 is 1.18 bits per heavy atom. The van der Waals surface area contributed by atoms with Crippen molar-refractivity contribution in [3.63, 3.8) is 0 Å². The first-order valence-electron chi connectivity index (χ1n) is 7.95. The first-order chi connectivity index (χ1) is 10.7. The smallest absolute Gasteiger partial charge is 0.123 e. The van der Waals surface area contributed by atoms with E-state index in [9.17, 15) is 8.78 Å². The first-order valence-corrected chi connectivity index (χ1v) is 7.95. The highest BCUT2D eigenvalue weighted by atomic mass is 19.1. The fraction of sp³-hybridized carbons (Fsp3) is 0.368. The second-order valence-electron chi connectivity index (χ2n) is 6.02. The maximum Gasteiger partial charge on any atom is 0.123 e. The van der Waals surface area contributed by atoms with Gasteiger partial charge in [0.2, 0.25) is 0 Å². The summed E-state index contributed by atoms with van der Waals surface area (Å²) in [5.74, 6) is -0.293. The first kappa shape index (κ1) is 15.2. The predicted octanol–water partition coefficient (Wildman–Crippen LogP) is 4.58. The third-order valence-corrected chi connectivity index (χ3v) is 4.43. The van der Waals surface area contributed by atoms with E-state index in [1.54, 1.807) is 0 Å². The number of piperidine rings is 1. The second-order valence-corrected chi connectivity index (χ2v) is 6.02. The molecular weight excluding hydrogens is 280 g/mol. The maximum atomic E-state index is 13.2. The maximum absolute atomic E-state index is 13.2. The lowest BCUT2D eigenvalue weighted by Crippen LogP contribution is -2.33. The largest absolute Gasteiger partial charge is 0.302 e. The highest BCUT2D eigenvalue weighted by Crippen LogP contribution is 2.27. The van der Waals surface area contributed by atoms with Gasteiger partial charge in [-0.15, -0.1) is 0 Å². The Kier molecular flexibility index (Phi) is 4.84. The van der Waals surface area contributed by atoms with Gasteiger partial charge in [0.15, 0.2) is 0 Å². The molecular formula is C19H21F2N. The van der Waals surface area contributed by atoms with Crippen LogP contribution in [-0.2, 0) is 0 Å². The summed E-state index contributed by atoms with van der Waals surface area (Å²) in [5.41, 5.74) is 2.16. The summed E-state index contributed by atoms with van der Waals surface area (Å²) in [6.45, 7) is 3.12. The van der Waals surface area contributed by atoms with E-state index in [0.29, 0.717) is 0 Å². The molecule has 0 bridgehead atoms. The Morgan fingerprint density at radius 1 is 0.727 bits per heavy atom. The van der Waals surface area contributed by atoms with Crippen LogP contribution in [0.2, 0.25) is 0 Å². The molecule has 1 aliphatic heterocycles. The number of rotatable bonds is 4. The van der Waals surface area contributed by atoms with Crippen LogP contribution in [0.4, 0.5) is 8.78 Å². The van der Waals surface area contributed by atoms with E-state index >= 15 is 0 Å². The summed E-state index contributed by atoms with van der Waals surface area (Å²) in [7, 11) is 0. The van der Waals surface area contributed by atoms with Crippen LogP contribution in [0.15, 0.2) is 48.5 Å². The van der Waals surface area contributed by atoms with Crippen LogP contribution in [0.25, 0.3) is 0 Å². The van der Waals surface area contributed by atoms with Crippen molar-refractivity contribution in [2.75, 3.05) is 19.6 Å².